The first-order chi connectivity index (χ1) is 8.38. The average molecular weight is 341 g/mol. The second-order valence-corrected chi connectivity index (χ2v) is 4.47. The molecule has 0 aliphatic heterocycles. The summed E-state index contributed by atoms with van der Waals surface area (Å²) in [6.45, 7) is 0. The van der Waals surface area contributed by atoms with Gasteiger partial charge >= 0.3 is 0 Å². The van der Waals surface area contributed by atoms with Gasteiger partial charge in [0, 0.05) is 17.1 Å². The minimum atomic E-state index is 0. The molecular formula is C16H13BrFe-6. The van der Waals surface area contributed by atoms with Crippen molar-refractivity contribution in [1.82, 2.24) is 0 Å². The zero-order valence-corrected chi connectivity index (χ0v) is 12.4. The van der Waals surface area contributed by atoms with Crippen LogP contribution < -0.4 is 0 Å². The van der Waals surface area contributed by atoms with Gasteiger partial charge in [0.05, 0.1) is 0 Å². The second kappa shape index (κ2) is 8.10. The number of benzene rings is 1. The van der Waals surface area contributed by atoms with Crippen LogP contribution >= 0.6 is 15.9 Å². The molecule has 0 amide bonds. The first-order valence-corrected chi connectivity index (χ1v) is 6.30. The molecule has 18 heavy (non-hydrogen) atoms. The Morgan fingerprint density at radius 3 is 1.78 bits per heavy atom. The summed E-state index contributed by atoms with van der Waals surface area (Å²) < 4.78 is 1.15. The molecule has 0 nitrogen and oxygen atoms in total. The molecule has 0 N–H and O–H groups in total. The molecule has 0 aliphatic rings. The van der Waals surface area contributed by atoms with E-state index < -0.39 is 0 Å². The fraction of sp³-hybridized carbons (Fsp3) is 0. The van der Waals surface area contributed by atoms with Crippen molar-refractivity contribution in [2.45, 2.75) is 0 Å². The van der Waals surface area contributed by atoms with Crippen LogP contribution in [0.2, 0.25) is 0 Å². The molecule has 0 aliphatic carbocycles. The van der Waals surface area contributed by atoms with E-state index in [1.54, 1.807) is 0 Å². The molecule has 0 saturated heterocycles. The van der Waals surface area contributed by atoms with E-state index in [9.17, 15) is 0 Å². The third-order valence-corrected chi connectivity index (χ3v) is 3.09. The minimum Gasteiger partial charge on any atom is -0.748 e. The Labute approximate surface area is 127 Å². The molecule has 0 atom stereocenters. The van der Waals surface area contributed by atoms with Crippen molar-refractivity contribution in [2.24, 2.45) is 0 Å². The van der Waals surface area contributed by atoms with E-state index in [1.807, 2.05) is 42.5 Å². The van der Waals surface area contributed by atoms with Gasteiger partial charge in [0.2, 0.25) is 0 Å². The predicted octanol–water partition coefficient (Wildman–Crippen LogP) is 5.24. The summed E-state index contributed by atoms with van der Waals surface area (Å²) >= 11 is 3.52. The van der Waals surface area contributed by atoms with Crippen molar-refractivity contribution < 1.29 is 17.1 Å². The maximum absolute atomic E-state index is 3.52. The Hall–Kier alpha value is -1.08. The molecule has 0 unspecified atom stereocenters. The first-order valence-electron chi connectivity index (χ1n) is 5.51. The fourth-order valence-corrected chi connectivity index (χ4v) is 2.08. The monoisotopic (exact) mass is 340 g/mol. The van der Waals surface area contributed by atoms with Crippen molar-refractivity contribution in [2.75, 3.05) is 0 Å². The Kier molecular flexibility index (Phi) is 6.74. The van der Waals surface area contributed by atoms with Crippen LogP contribution in [-0.2, 0) is 17.1 Å². The molecule has 98 valence electrons. The smallest absolute Gasteiger partial charge is 0 e. The Bertz CT molecular complexity index is 507. The van der Waals surface area contributed by atoms with Gasteiger partial charge in [-0.25, -0.2) is 0 Å². The summed E-state index contributed by atoms with van der Waals surface area (Å²) in [7, 11) is 0. The van der Waals surface area contributed by atoms with E-state index in [4.69, 9.17) is 0 Å². The SMILES string of the molecule is Brc1ccccc1-[c-]1cccc1.[Fe].[cH-]1[cH-][cH-][cH-][cH-]1. The van der Waals surface area contributed by atoms with Crippen LogP contribution in [0.5, 0.6) is 0 Å². The molecule has 0 fully saturated rings. The number of halogens is 1. The van der Waals surface area contributed by atoms with Crippen LogP contribution in [0.1, 0.15) is 0 Å². The van der Waals surface area contributed by atoms with Gasteiger partial charge in [-0.05, 0) is 4.47 Å². The van der Waals surface area contributed by atoms with Crippen molar-refractivity contribution in [3.8, 4) is 11.1 Å². The van der Waals surface area contributed by atoms with E-state index in [2.05, 4.69) is 52.3 Å². The van der Waals surface area contributed by atoms with E-state index in [0.29, 0.717) is 0 Å². The maximum atomic E-state index is 3.52. The Balaban J connectivity index is 0.000000230. The van der Waals surface area contributed by atoms with Gasteiger partial charge in [-0.2, -0.15) is 12.1 Å². The van der Waals surface area contributed by atoms with Crippen molar-refractivity contribution >= 4 is 15.9 Å². The maximum Gasteiger partial charge on any atom is 0 e. The van der Waals surface area contributed by atoms with Crippen LogP contribution in [0, 0.1) is 0 Å². The van der Waals surface area contributed by atoms with Gasteiger partial charge in [0.15, 0.2) is 0 Å². The molecule has 3 aromatic rings. The van der Waals surface area contributed by atoms with Gasteiger partial charge in [-0.1, -0.05) is 23.8 Å². The number of rotatable bonds is 1. The fourth-order valence-electron chi connectivity index (χ4n) is 1.57. The predicted molar refractivity (Wildman–Crippen MR) is 77.2 cm³/mol. The van der Waals surface area contributed by atoms with Crippen molar-refractivity contribution in [3.63, 3.8) is 0 Å². The largest absolute Gasteiger partial charge is 0.748 e. The standard InChI is InChI=1S/C11H8Br.C5H5.Fe/c12-11-8-4-3-7-10(11)9-5-1-2-6-9;1-2-4-5-3-1;/h1-8H;1-5H;/q-1;-5;. The molecule has 0 heterocycles. The molecule has 0 aromatic heterocycles. The van der Waals surface area contributed by atoms with Crippen LogP contribution in [-0.4, -0.2) is 0 Å². The normalized spacial score (nSPS) is 8.94. The van der Waals surface area contributed by atoms with Crippen LogP contribution in [0.25, 0.3) is 11.1 Å². The Morgan fingerprint density at radius 2 is 1.28 bits per heavy atom. The number of hydrogen-bond donors (Lipinski definition) is 0. The van der Waals surface area contributed by atoms with Crippen molar-refractivity contribution in [1.29, 1.82) is 0 Å². The molecule has 3 rings (SSSR count). The zero-order valence-electron chi connectivity index (χ0n) is 9.74. The van der Waals surface area contributed by atoms with Crippen molar-refractivity contribution in [3.05, 3.63) is 83.3 Å². The molecule has 2 heteroatoms. The second-order valence-electron chi connectivity index (χ2n) is 3.62. The molecular weight excluding hydrogens is 328 g/mol. The van der Waals surface area contributed by atoms with Gasteiger partial charge in [-0.3, -0.25) is 0 Å². The van der Waals surface area contributed by atoms with Gasteiger partial charge in [0.25, 0.3) is 0 Å². The van der Waals surface area contributed by atoms with Crippen LogP contribution in [0.15, 0.2) is 83.3 Å². The third kappa shape index (κ3) is 4.30. The topological polar surface area (TPSA) is 0 Å². The summed E-state index contributed by atoms with van der Waals surface area (Å²) in [4.78, 5) is 0. The molecule has 3 aromatic carbocycles. The summed E-state index contributed by atoms with van der Waals surface area (Å²) in [6.07, 6.45) is 0. The van der Waals surface area contributed by atoms with Gasteiger partial charge in [0.1, 0.15) is 0 Å². The minimum absolute atomic E-state index is 0. The first kappa shape index (κ1) is 15.0. The molecule has 0 spiro atoms. The summed E-state index contributed by atoms with van der Waals surface area (Å²) in [5.41, 5.74) is 2.52. The molecule has 0 saturated carbocycles. The van der Waals surface area contributed by atoms with E-state index in [1.165, 1.54) is 11.1 Å². The zero-order chi connectivity index (χ0) is 11.9. The summed E-state index contributed by atoms with van der Waals surface area (Å²) in [6, 6.07) is 26.6. The van der Waals surface area contributed by atoms with Gasteiger partial charge in [-0.15, -0.1) is 39.7 Å². The summed E-state index contributed by atoms with van der Waals surface area (Å²) in [5, 5.41) is 0. The van der Waals surface area contributed by atoms with E-state index >= 15 is 0 Å². The quantitative estimate of drug-likeness (QED) is 0.420. The molecule has 0 radical (unpaired) electrons. The molecule has 0 bridgehead atoms. The van der Waals surface area contributed by atoms with E-state index in [-0.39, 0.29) is 17.1 Å². The van der Waals surface area contributed by atoms with Gasteiger partial charge < -0.3 is 30.3 Å². The van der Waals surface area contributed by atoms with Crippen LogP contribution in [0.4, 0.5) is 0 Å². The average Bonchev–Trinajstić information content (AvgIpc) is 3.06. The number of hydrogen-bond acceptors (Lipinski definition) is 0. The summed E-state index contributed by atoms with van der Waals surface area (Å²) in [5.74, 6) is 0. The third-order valence-electron chi connectivity index (χ3n) is 2.40. The van der Waals surface area contributed by atoms with E-state index in [0.717, 1.165) is 4.47 Å². The Morgan fingerprint density at radius 1 is 0.778 bits per heavy atom. The van der Waals surface area contributed by atoms with Crippen LogP contribution in [0.3, 0.4) is 0 Å².